The summed E-state index contributed by atoms with van der Waals surface area (Å²) < 4.78 is 22.7. The first-order valence-corrected chi connectivity index (χ1v) is 27.1. The maximum absolute atomic E-state index is 13.1. The molecule has 2 saturated heterocycles. The van der Waals surface area contributed by atoms with Gasteiger partial charge in [-0.15, -0.1) is 0 Å². The summed E-state index contributed by atoms with van der Waals surface area (Å²) in [4.78, 5) is 13.1. The van der Waals surface area contributed by atoms with Gasteiger partial charge in [-0.25, -0.2) is 0 Å². The highest BCUT2D eigenvalue weighted by Crippen LogP contribution is 2.30. The third-order valence-electron chi connectivity index (χ3n) is 12.5. The van der Waals surface area contributed by atoms with Gasteiger partial charge in [0, 0.05) is 6.42 Å². The molecule has 12 atom stereocenters. The second kappa shape index (κ2) is 42.9. The van der Waals surface area contributed by atoms with E-state index in [2.05, 4.69) is 129 Å². The summed E-state index contributed by atoms with van der Waals surface area (Å²) in [7, 11) is 0. The van der Waals surface area contributed by atoms with Crippen molar-refractivity contribution >= 4 is 5.91 Å². The molecule has 0 aromatic rings. The number of hydrogen-bond acceptors (Lipinski definition) is 13. The monoisotopic (exact) mass is 1010 g/mol. The first-order chi connectivity index (χ1) is 35.1. The van der Waals surface area contributed by atoms with Gasteiger partial charge in [0.15, 0.2) is 12.6 Å². The molecule has 0 radical (unpaired) electrons. The molecule has 410 valence electrons. The van der Waals surface area contributed by atoms with E-state index in [0.717, 1.165) is 109 Å². The van der Waals surface area contributed by atoms with Gasteiger partial charge in [-0.3, -0.25) is 4.79 Å². The lowest BCUT2D eigenvalue weighted by atomic mass is 9.97. The number of aliphatic hydroxyl groups excluding tert-OH is 8. The van der Waals surface area contributed by atoms with Crippen molar-refractivity contribution in [3.63, 3.8) is 0 Å². The zero-order chi connectivity index (χ0) is 52.4. The van der Waals surface area contributed by atoms with Crippen molar-refractivity contribution in [2.45, 2.75) is 229 Å². The fourth-order valence-electron chi connectivity index (χ4n) is 8.11. The Labute approximate surface area is 432 Å². The Bertz CT molecular complexity index is 1620. The van der Waals surface area contributed by atoms with Crippen LogP contribution in [0, 0.1) is 0 Å². The Hall–Kier alpha value is -3.35. The Balaban J connectivity index is 1.69. The number of carbonyl (C=O) groups is 1. The van der Waals surface area contributed by atoms with E-state index in [1.807, 2.05) is 0 Å². The van der Waals surface area contributed by atoms with Crippen LogP contribution in [0.3, 0.4) is 0 Å². The van der Waals surface area contributed by atoms with E-state index >= 15 is 0 Å². The number of hydrogen-bond donors (Lipinski definition) is 9. The molecule has 2 fully saturated rings. The predicted octanol–water partition coefficient (Wildman–Crippen LogP) is 8.10. The summed E-state index contributed by atoms with van der Waals surface area (Å²) in [5, 5.41) is 86.6. The summed E-state index contributed by atoms with van der Waals surface area (Å²) in [6, 6.07) is -0.852. The molecule has 14 nitrogen and oxygen atoms in total. The highest BCUT2D eigenvalue weighted by atomic mass is 16.7. The van der Waals surface area contributed by atoms with Crippen molar-refractivity contribution in [2.24, 2.45) is 0 Å². The van der Waals surface area contributed by atoms with E-state index in [9.17, 15) is 45.6 Å². The van der Waals surface area contributed by atoms with Crippen LogP contribution < -0.4 is 5.32 Å². The van der Waals surface area contributed by atoms with Gasteiger partial charge in [0.05, 0.1) is 32.0 Å². The second-order valence-electron chi connectivity index (χ2n) is 18.6. The topological polar surface area (TPSA) is 228 Å². The lowest BCUT2D eigenvalue weighted by Crippen LogP contribution is -2.65. The summed E-state index contributed by atoms with van der Waals surface area (Å²) in [6.45, 7) is 2.62. The van der Waals surface area contributed by atoms with Crippen LogP contribution in [0.2, 0.25) is 0 Å². The van der Waals surface area contributed by atoms with Gasteiger partial charge in [0.25, 0.3) is 0 Å². The predicted molar refractivity (Wildman–Crippen MR) is 285 cm³/mol. The summed E-state index contributed by atoms with van der Waals surface area (Å²) in [6.07, 6.45) is 42.7. The number of nitrogens with one attached hydrogen (secondary N) is 1. The molecular weight excluding hydrogens is 919 g/mol. The van der Waals surface area contributed by atoms with Gasteiger partial charge in [-0.1, -0.05) is 175 Å². The van der Waals surface area contributed by atoms with Crippen LogP contribution in [0.1, 0.15) is 155 Å². The standard InChI is InChI=1S/C58H95NO13/c1-3-5-7-9-11-12-13-14-15-16-17-18-19-20-21-22-23-24-25-26-27-28-29-30-31-32-33-34-36-38-40-42-50(63)59-46(47(62)41-39-37-35-10-8-6-4-2)45-69-57-55(68)53(66)56(49(44-61)71-57)72-58-54(67)52(65)51(64)48(43-60)70-58/h5,7,11-12,14-15,17-18,20-21,23-24,26-27,29-30,32-33,46-49,51-58,60-62,64-68H,3-4,6,8-10,13,16,19,22,25,28,31,34-45H2,1-2H3,(H,59,63)/b7-5-,12-11-,15-14-,18-17-,21-20-,24-23-,27-26-,30-29-,33-32-. The van der Waals surface area contributed by atoms with Crippen molar-refractivity contribution in [1.82, 2.24) is 5.32 Å². The van der Waals surface area contributed by atoms with Crippen molar-refractivity contribution < 1.29 is 64.6 Å². The molecule has 0 saturated carbocycles. The van der Waals surface area contributed by atoms with E-state index in [-0.39, 0.29) is 18.9 Å². The molecule has 0 aromatic carbocycles. The number of rotatable bonds is 40. The third kappa shape index (κ3) is 28.9. The van der Waals surface area contributed by atoms with Crippen LogP contribution >= 0.6 is 0 Å². The molecule has 12 unspecified atom stereocenters. The van der Waals surface area contributed by atoms with Gasteiger partial charge < -0.3 is 65.1 Å². The Morgan fingerprint density at radius 2 is 0.958 bits per heavy atom. The van der Waals surface area contributed by atoms with E-state index in [1.54, 1.807) is 0 Å². The zero-order valence-corrected chi connectivity index (χ0v) is 43.6. The van der Waals surface area contributed by atoms with Crippen LogP contribution in [0.15, 0.2) is 109 Å². The van der Waals surface area contributed by atoms with E-state index in [1.165, 1.54) is 12.8 Å². The minimum absolute atomic E-state index is 0.249. The fourth-order valence-corrected chi connectivity index (χ4v) is 8.11. The lowest BCUT2D eigenvalue weighted by Gasteiger charge is -2.46. The summed E-state index contributed by atoms with van der Waals surface area (Å²) in [5.74, 6) is -0.249. The van der Waals surface area contributed by atoms with Crippen molar-refractivity contribution in [1.29, 1.82) is 0 Å². The molecule has 1 amide bonds. The van der Waals surface area contributed by atoms with Gasteiger partial charge in [-0.2, -0.15) is 0 Å². The molecule has 0 bridgehead atoms. The van der Waals surface area contributed by atoms with Crippen molar-refractivity contribution in [3.8, 4) is 0 Å². The highest BCUT2D eigenvalue weighted by molar-refractivity contribution is 5.76. The molecule has 0 aromatic heterocycles. The van der Waals surface area contributed by atoms with Gasteiger partial charge in [0.2, 0.25) is 5.91 Å². The van der Waals surface area contributed by atoms with Gasteiger partial charge >= 0.3 is 0 Å². The largest absolute Gasteiger partial charge is 0.394 e. The summed E-state index contributed by atoms with van der Waals surface area (Å²) >= 11 is 0. The van der Waals surface area contributed by atoms with Gasteiger partial charge in [0.1, 0.15) is 48.8 Å². The maximum atomic E-state index is 13.1. The molecule has 72 heavy (non-hydrogen) atoms. The molecule has 2 aliphatic heterocycles. The molecular formula is C58H95NO13. The normalized spacial score (nSPS) is 26.5. The molecule has 0 spiro atoms. The highest BCUT2D eigenvalue weighted by Gasteiger charge is 2.51. The van der Waals surface area contributed by atoms with Crippen LogP contribution in [-0.2, 0) is 23.7 Å². The quantitative estimate of drug-likeness (QED) is 0.0209. The fraction of sp³-hybridized carbons (Fsp3) is 0.672. The lowest BCUT2D eigenvalue weighted by molar-refractivity contribution is -0.359. The molecule has 2 rings (SSSR count). The smallest absolute Gasteiger partial charge is 0.220 e. The van der Waals surface area contributed by atoms with Crippen LogP contribution in [0.5, 0.6) is 0 Å². The molecule has 14 heteroatoms. The molecule has 0 aliphatic carbocycles. The third-order valence-corrected chi connectivity index (χ3v) is 12.5. The van der Waals surface area contributed by atoms with E-state index in [0.29, 0.717) is 12.8 Å². The number of amides is 1. The number of aliphatic hydroxyl groups is 8. The maximum Gasteiger partial charge on any atom is 0.220 e. The first-order valence-electron chi connectivity index (χ1n) is 27.1. The SMILES string of the molecule is CC/C=C\C/C=C\C/C=C\C/C=C\C/C=C\C/C=C\C/C=C\C/C=C\C/C=C\CCCCCC(=O)NC(COC1OC(CO)C(OC2OC(CO)C(O)C(O)C2O)C(O)C1O)C(O)CCCCCCCCC. The average molecular weight is 1010 g/mol. The zero-order valence-electron chi connectivity index (χ0n) is 43.6. The first kappa shape index (κ1) is 64.8. The second-order valence-corrected chi connectivity index (χ2v) is 18.6. The number of unbranched alkanes of at least 4 members (excludes halogenated alkanes) is 9. The number of ether oxygens (including phenoxy) is 4. The summed E-state index contributed by atoms with van der Waals surface area (Å²) in [5.41, 5.74) is 0. The van der Waals surface area contributed by atoms with Crippen LogP contribution in [-0.4, -0.2) is 140 Å². The Morgan fingerprint density at radius 3 is 1.46 bits per heavy atom. The Morgan fingerprint density at radius 1 is 0.514 bits per heavy atom. The Kier molecular flexibility index (Phi) is 38.6. The van der Waals surface area contributed by atoms with Crippen molar-refractivity contribution in [3.05, 3.63) is 109 Å². The molecule has 2 aliphatic rings. The van der Waals surface area contributed by atoms with Gasteiger partial charge in [-0.05, 0) is 83.5 Å². The minimum atomic E-state index is -1.79. The van der Waals surface area contributed by atoms with E-state index < -0.39 is 86.8 Å². The molecule has 9 N–H and O–H groups in total. The van der Waals surface area contributed by atoms with Crippen LogP contribution in [0.25, 0.3) is 0 Å². The van der Waals surface area contributed by atoms with E-state index in [4.69, 9.17) is 18.9 Å². The number of allylic oxidation sites excluding steroid dienone is 18. The van der Waals surface area contributed by atoms with Crippen LogP contribution in [0.4, 0.5) is 0 Å². The number of carbonyl (C=O) groups excluding carboxylic acids is 1. The molecule has 2 heterocycles. The van der Waals surface area contributed by atoms with Crippen molar-refractivity contribution in [2.75, 3.05) is 19.8 Å². The minimum Gasteiger partial charge on any atom is -0.394 e. The average Bonchev–Trinajstić information content (AvgIpc) is 3.38.